The zero-order chi connectivity index (χ0) is 13.2. The SMILES string of the molecule is COc1cc(C)c(N(C)CC(C)(C)O)cc1C. The zero-order valence-corrected chi connectivity index (χ0v) is 11.7. The van der Waals surface area contributed by atoms with E-state index >= 15 is 0 Å². The topological polar surface area (TPSA) is 32.7 Å². The molecule has 0 saturated carbocycles. The lowest BCUT2D eigenvalue weighted by molar-refractivity contribution is 0.0886. The molecule has 0 saturated heterocycles. The maximum atomic E-state index is 9.84. The van der Waals surface area contributed by atoms with Crippen molar-refractivity contribution in [1.82, 2.24) is 0 Å². The average Bonchev–Trinajstić information content (AvgIpc) is 2.18. The van der Waals surface area contributed by atoms with Gasteiger partial charge in [0, 0.05) is 19.3 Å². The molecule has 0 fully saturated rings. The Labute approximate surface area is 104 Å². The Balaban J connectivity index is 3.02. The van der Waals surface area contributed by atoms with Crippen molar-refractivity contribution >= 4 is 5.69 Å². The summed E-state index contributed by atoms with van der Waals surface area (Å²) in [6.45, 7) is 8.31. The Morgan fingerprint density at radius 1 is 1.24 bits per heavy atom. The van der Waals surface area contributed by atoms with E-state index in [4.69, 9.17) is 4.74 Å². The summed E-state index contributed by atoms with van der Waals surface area (Å²) in [5.41, 5.74) is 2.69. The predicted octanol–water partition coefficient (Wildman–Crippen LogP) is 2.52. The number of ether oxygens (including phenoxy) is 1. The second-order valence-corrected chi connectivity index (χ2v) is 5.28. The van der Waals surface area contributed by atoms with Crippen LogP contribution in [-0.4, -0.2) is 31.4 Å². The number of aryl methyl sites for hydroxylation is 2. The highest BCUT2D eigenvalue weighted by Crippen LogP contribution is 2.28. The Kier molecular flexibility index (Phi) is 4.04. The van der Waals surface area contributed by atoms with Crippen LogP contribution < -0.4 is 9.64 Å². The third-order valence-corrected chi connectivity index (χ3v) is 2.75. The van der Waals surface area contributed by atoms with Crippen molar-refractivity contribution in [2.45, 2.75) is 33.3 Å². The first-order chi connectivity index (χ1) is 7.74. The van der Waals surface area contributed by atoms with Gasteiger partial charge in [0.2, 0.25) is 0 Å². The summed E-state index contributed by atoms with van der Waals surface area (Å²) in [4.78, 5) is 2.07. The molecule has 0 atom stereocenters. The minimum absolute atomic E-state index is 0.597. The minimum Gasteiger partial charge on any atom is -0.496 e. The van der Waals surface area contributed by atoms with Crippen LogP contribution in [0.5, 0.6) is 5.75 Å². The Morgan fingerprint density at radius 3 is 2.29 bits per heavy atom. The molecule has 96 valence electrons. The number of nitrogens with zero attached hydrogens (tertiary/aromatic N) is 1. The molecule has 17 heavy (non-hydrogen) atoms. The van der Waals surface area contributed by atoms with Crippen molar-refractivity contribution in [2.75, 3.05) is 25.6 Å². The van der Waals surface area contributed by atoms with Crippen LogP contribution in [0.3, 0.4) is 0 Å². The lowest BCUT2D eigenvalue weighted by Crippen LogP contribution is -2.36. The Morgan fingerprint density at radius 2 is 1.82 bits per heavy atom. The van der Waals surface area contributed by atoms with Crippen molar-refractivity contribution in [1.29, 1.82) is 0 Å². The van der Waals surface area contributed by atoms with Gasteiger partial charge in [-0.15, -0.1) is 0 Å². The second kappa shape index (κ2) is 4.96. The van der Waals surface area contributed by atoms with E-state index in [9.17, 15) is 5.11 Å². The van der Waals surface area contributed by atoms with E-state index < -0.39 is 5.60 Å². The fraction of sp³-hybridized carbons (Fsp3) is 0.571. The molecule has 1 aromatic carbocycles. The fourth-order valence-corrected chi connectivity index (χ4v) is 2.07. The molecular weight excluding hydrogens is 214 g/mol. The van der Waals surface area contributed by atoms with Gasteiger partial charge in [0.05, 0.1) is 12.7 Å². The lowest BCUT2D eigenvalue weighted by atomic mass is 10.1. The van der Waals surface area contributed by atoms with Gasteiger partial charge < -0.3 is 14.7 Å². The van der Waals surface area contributed by atoms with Crippen LogP contribution in [0.2, 0.25) is 0 Å². The van der Waals surface area contributed by atoms with E-state index in [-0.39, 0.29) is 0 Å². The van der Waals surface area contributed by atoms with Gasteiger partial charge in [0.1, 0.15) is 5.75 Å². The van der Waals surface area contributed by atoms with Crippen molar-refractivity contribution < 1.29 is 9.84 Å². The summed E-state index contributed by atoms with van der Waals surface area (Å²) >= 11 is 0. The van der Waals surface area contributed by atoms with Gasteiger partial charge in [-0.1, -0.05) is 0 Å². The summed E-state index contributed by atoms with van der Waals surface area (Å²) in [5, 5.41) is 9.84. The molecule has 1 rings (SSSR count). The molecule has 3 nitrogen and oxygen atoms in total. The quantitative estimate of drug-likeness (QED) is 0.873. The van der Waals surface area contributed by atoms with E-state index in [1.165, 1.54) is 0 Å². The molecule has 0 aliphatic heterocycles. The fourth-order valence-electron chi connectivity index (χ4n) is 2.07. The molecule has 1 N–H and O–H groups in total. The molecule has 0 aliphatic carbocycles. The summed E-state index contributed by atoms with van der Waals surface area (Å²) in [6, 6.07) is 4.13. The first-order valence-electron chi connectivity index (χ1n) is 5.83. The van der Waals surface area contributed by atoms with Gasteiger partial charge in [0.25, 0.3) is 0 Å². The first-order valence-corrected chi connectivity index (χ1v) is 5.83. The summed E-state index contributed by atoms with van der Waals surface area (Å²) in [6.07, 6.45) is 0. The number of methoxy groups -OCH3 is 1. The van der Waals surface area contributed by atoms with Gasteiger partial charge >= 0.3 is 0 Å². The maximum absolute atomic E-state index is 9.84. The van der Waals surface area contributed by atoms with Gasteiger partial charge in [-0.05, 0) is 51.0 Å². The number of benzene rings is 1. The summed E-state index contributed by atoms with van der Waals surface area (Å²) < 4.78 is 5.29. The molecule has 0 heterocycles. The van der Waals surface area contributed by atoms with Crippen LogP contribution in [-0.2, 0) is 0 Å². The van der Waals surface area contributed by atoms with E-state index in [2.05, 4.69) is 17.9 Å². The molecule has 0 amide bonds. The monoisotopic (exact) mass is 237 g/mol. The summed E-state index contributed by atoms with van der Waals surface area (Å²) in [5.74, 6) is 0.905. The van der Waals surface area contributed by atoms with Crippen LogP contribution in [0.1, 0.15) is 25.0 Å². The number of likely N-dealkylation sites (N-methyl/N-ethyl adjacent to an activating group) is 1. The van der Waals surface area contributed by atoms with Crippen LogP contribution in [0.15, 0.2) is 12.1 Å². The highest BCUT2D eigenvalue weighted by atomic mass is 16.5. The molecule has 0 aromatic heterocycles. The van der Waals surface area contributed by atoms with E-state index in [1.54, 1.807) is 7.11 Å². The van der Waals surface area contributed by atoms with Crippen molar-refractivity contribution in [3.63, 3.8) is 0 Å². The number of rotatable bonds is 4. The molecule has 0 aliphatic rings. The molecule has 3 heteroatoms. The van der Waals surface area contributed by atoms with E-state index in [1.807, 2.05) is 33.9 Å². The van der Waals surface area contributed by atoms with Crippen LogP contribution >= 0.6 is 0 Å². The largest absolute Gasteiger partial charge is 0.496 e. The van der Waals surface area contributed by atoms with E-state index in [0.29, 0.717) is 6.54 Å². The number of hydrogen-bond donors (Lipinski definition) is 1. The standard InChI is InChI=1S/C14H23NO2/c1-10-8-13(17-6)11(2)7-12(10)15(5)9-14(3,4)16/h7-8,16H,9H2,1-6H3. The van der Waals surface area contributed by atoms with Crippen LogP contribution in [0.4, 0.5) is 5.69 Å². The first kappa shape index (κ1) is 13.8. The Hall–Kier alpha value is -1.22. The number of hydrogen-bond acceptors (Lipinski definition) is 3. The summed E-state index contributed by atoms with van der Waals surface area (Å²) in [7, 11) is 3.67. The average molecular weight is 237 g/mol. The molecule has 0 unspecified atom stereocenters. The Bertz CT molecular complexity index is 394. The lowest BCUT2D eigenvalue weighted by Gasteiger charge is -2.29. The van der Waals surface area contributed by atoms with Crippen LogP contribution in [0, 0.1) is 13.8 Å². The van der Waals surface area contributed by atoms with Crippen molar-refractivity contribution in [2.24, 2.45) is 0 Å². The van der Waals surface area contributed by atoms with Gasteiger partial charge in [-0.25, -0.2) is 0 Å². The minimum atomic E-state index is -0.699. The van der Waals surface area contributed by atoms with E-state index in [0.717, 1.165) is 22.6 Å². The second-order valence-electron chi connectivity index (χ2n) is 5.28. The number of anilines is 1. The van der Waals surface area contributed by atoms with Gasteiger partial charge in [-0.3, -0.25) is 0 Å². The normalized spacial score (nSPS) is 11.5. The molecule has 0 bridgehead atoms. The zero-order valence-electron chi connectivity index (χ0n) is 11.7. The maximum Gasteiger partial charge on any atom is 0.122 e. The van der Waals surface area contributed by atoms with Crippen molar-refractivity contribution in [3.05, 3.63) is 23.3 Å². The predicted molar refractivity (Wildman–Crippen MR) is 72.0 cm³/mol. The highest BCUT2D eigenvalue weighted by Gasteiger charge is 2.17. The van der Waals surface area contributed by atoms with Gasteiger partial charge in [0.15, 0.2) is 0 Å². The third-order valence-electron chi connectivity index (χ3n) is 2.75. The third kappa shape index (κ3) is 3.63. The molecule has 1 aromatic rings. The highest BCUT2D eigenvalue weighted by molar-refractivity contribution is 5.58. The smallest absolute Gasteiger partial charge is 0.122 e. The molecular formula is C14H23NO2. The molecule has 0 radical (unpaired) electrons. The number of aliphatic hydroxyl groups is 1. The van der Waals surface area contributed by atoms with Crippen molar-refractivity contribution in [3.8, 4) is 5.75 Å². The van der Waals surface area contributed by atoms with Crippen LogP contribution in [0.25, 0.3) is 0 Å². The molecule has 0 spiro atoms. The van der Waals surface area contributed by atoms with Gasteiger partial charge in [-0.2, -0.15) is 0 Å².